The molecule has 2 heterocycles. The van der Waals surface area contributed by atoms with E-state index in [2.05, 4.69) is 0 Å². The first-order valence-electron chi connectivity index (χ1n) is 10.3. The minimum absolute atomic E-state index is 0.0891. The number of carbonyl (C=O) groups is 2. The van der Waals surface area contributed by atoms with Crippen LogP contribution < -0.4 is 9.47 Å². The highest BCUT2D eigenvalue weighted by atomic mass is 32.2. The average molecular weight is 453 g/mol. The monoisotopic (exact) mass is 452 g/mol. The SMILES string of the molecule is CCOC(=O)C1=C(C)N2C(=O)CSC2=N[C@H]1c1ccc(OCc2ccccc2)c(OC)c1. The standard InChI is InChI=1S/C24H24N2O5S/c1-4-30-23(28)21-15(2)26-20(27)14-32-24(26)25-22(21)17-10-11-18(19(12-17)29-3)31-13-16-8-6-5-7-9-16/h5-12,22H,4,13-14H2,1-3H3/t22-/m0/s1. The minimum atomic E-state index is -0.601. The highest BCUT2D eigenvalue weighted by Gasteiger charge is 2.40. The number of benzene rings is 2. The number of thioether (sulfide) groups is 1. The van der Waals surface area contributed by atoms with Crippen molar-refractivity contribution >= 4 is 28.8 Å². The summed E-state index contributed by atoms with van der Waals surface area (Å²) in [4.78, 5) is 31.4. The quantitative estimate of drug-likeness (QED) is 0.589. The lowest BCUT2D eigenvalue weighted by Gasteiger charge is -2.29. The second-order valence-corrected chi connectivity index (χ2v) is 8.18. The maximum atomic E-state index is 12.8. The summed E-state index contributed by atoms with van der Waals surface area (Å²) in [7, 11) is 1.57. The van der Waals surface area contributed by atoms with Crippen LogP contribution in [0.15, 0.2) is 64.8 Å². The van der Waals surface area contributed by atoms with Gasteiger partial charge in [-0.3, -0.25) is 9.69 Å². The molecule has 0 saturated carbocycles. The van der Waals surface area contributed by atoms with E-state index >= 15 is 0 Å². The van der Waals surface area contributed by atoms with E-state index in [1.54, 1.807) is 21.0 Å². The Hall–Kier alpha value is -3.26. The third-order valence-electron chi connectivity index (χ3n) is 5.24. The van der Waals surface area contributed by atoms with Crippen LogP contribution in [0, 0.1) is 0 Å². The summed E-state index contributed by atoms with van der Waals surface area (Å²) in [6.07, 6.45) is 0. The molecule has 2 aliphatic heterocycles. The molecule has 0 bridgehead atoms. The van der Waals surface area contributed by atoms with Crippen LogP contribution >= 0.6 is 11.8 Å². The molecule has 32 heavy (non-hydrogen) atoms. The van der Waals surface area contributed by atoms with Crippen LogP contribution in [0.25, 0.3) is 0 Å². The predicted octanol–water partition coefficient (Wildman–Crippen LogP) is 4.10. The second-order valence-electron chi connectivity index (χ2n) is 7.24. The maximum absolute atomic E-state index is 12.8. The molecule has 2 aromatic rings. The smallest absolute Gasteiger partial charge is 0.338 e. The molecule has 0 aliphatic carbocycles. The van der Waals surface area contributed by atoms with E-state index in [-0.39, 0.29) is 12.5 Å². The van der Waals surface area contributed by atoms with Gasteiger partial charge in [0.25, 0.3) is 0 Å². The lowest BCUT2D eigenvalue weighted by Crippen LogP contribution is -2.35. The fourth-order valence-corrected chi connectivity index (χ4v) is 4.63. The number of rotatable bonds is 7. The molecule has 0 aromatic heterocycles. The summed E-state index contributed by atoms with van der Waals surface area (Å²) < 4.78 is 16.8. The molecule has 166 valence electrons. The topological polar surface area (TPSA) is 77.4 Å². The van der Waals surface area contributed by atoms with Crippen LogP contribution in [0.5, 0.6) is 11.5 Å². The summed E-state index contributed by atoms with van der Waals surface area (Å²) in [5, 5.41) is 0.592. The van der Waals surface area contributed by atoms with Gasteiger partial charge >= 0.3 is 5.97 Å². The van der Waals surface area contributed by atoms with E-state index in [9.17, 15) is 9.59 Å². The highest BCUT2D eigenvalue weighted by molar-refractivity contribution is 8.15. The molecule has 1 atom stereocenters. The highest BCUT2D eigenvalue weighted by Crippen LogP contribution is 2.41. The molecule has 2 aromatic carbocycles. The Balaban J connectivity index is 1.67. The fourth-order valence-electron chi connectivity index (χ4n) is 3.70. The van der Waals surface area contributed by atoms with Crippen LogP contribution in [0.2, 0.25) is 0 Å². The molecule has 0 N–H and O–H groups in total. The molecular weight excluding hydrogens is 428 g/mol. The predicted molar refractivity (Wildman–Crippen MR) is 123 cm³/mol. The second kappa shape index (κ2) is 9.48. The van der Waals surface area contributed by atoms with Crippen molar-refractivity contribution in [1.82, 2.24) is 4.90 Å². The third-order valence-corrected chi connectivity index (χ3v) is 6.18. The molecule has 4 rings (SSSR count). The minimum Gasteiger partial charge on any atom is -0.493 e. The molecule has 2 aliphatic rings. The number of carbonyl (C=O) groups excluding carboxylic acids is 2. The molecule has 7 nitrogen and oxygen atoms in total. The number of ether oxygens (including phenoxy) is 3. The lowest BCUT2D eigenvalue weighted by molar-refractivity contribution is -0.139. The number of methoxy groups -OCH3 is 1. The van der Waals surface area contributed by atoms with Crippen LogP contribution in [0.3, 0.4) is 0 Å². The van der Waals surface area contributed by atoms with Gasteiger partial charge < -0.3 is 14.2 Å². The molecule has 8 heteroatoms. The summed E-state index contributed by atoms with van der Waals surface area (Å²) in [5.74, 6) is 0.861. The van der Waals surface area contributed by atoms with Crippen LogP contribution in [0.4, 0.5) is 0 Å². The van der Waals surface area contributed by atoms with Crippen molar-refractivity contribution < 1.29 is 23.8 Å². The largest absolute Gasteiger partial charge is 0.493 e. The number of fused-ring (bicyclic) bond motifs is 1. The third kappa shape index (κ3) is 4.23. The molecule has 0 unspecified atom stereocenters. The van der Waals surface area contributed by atoms with Gasteiger partial charge in [-0.2, -0.15) is 0 Å². The number of amides is 1. The normalized spacial score (nSPS) is 17.7. The van der Waals surface area contributed by atoms with Gasteiger partial charge in [-0.25, -0.2) is 9.79 Å². The van der Waals surface area contributed by atoms with E-state index < -0.39 is 12.0 Å². The first-order valence-corrected chi connectivity index (χ1v) is 11.3. The number of amidine groups is 1. The molecule has 1 fully saturated rings. The van der Waals surface area contributed by atoms with Crippen molar-refractivity contribution in [3.8, 4) is 11.5 Å². The number of aliphatic imine (C=N–C) groups is 1. The van der Waals surface area contributed by atoms with Gasteiger partial charge in [0.15, 0.2) is 16.7 Å². The van der Waals surface area contributed by atoms with Gasteiger partial charge in [0, 0.05) is 5.70 Å². The van der Waals surface area contributed by atoms with Crippen molar-refractivity contribution in [2.75, 3.05) is 19.5 Å². The first-order chi connectivity index (χ1) is 15.5. The van der Waals surface area contributed by atoms with E-state index in [0.717, 1.165) is 11.1 Å². The number of nitrogens with zero attached hydrogens (tertiary/aromatic N) is 2. The molecule has 1 amide bonds. The van der Waals surface area contributed by atoms with Crippen molar-refractivity contribution in [2.45, 2.75) is 26.5 Å². The van der Waals surface area contributed by atoms with Crippen molar-refractivity contribution in [2.24, 2.45) is 4.99 Å². The fraction of sp³-hybridized carbons (Fsp3) is 0.292. The Bertz CT molecular complexity index is 1100. The Labute approximate surface area is 191 Å². The van der Waals surface area contributed by atoms with Crippen LogP contribution in [0.1, 0.15) is 31.0 Å². The van der Waals surface area contributed by atoms with Gasteiger partial charge in [0.2, 0.25) is 5.91 Å². The molecule has 1 saturated heterocycles. The maximum Gasteiger partial charge on any atom is 0.338 e. The zero-order valence-corrected chi connectivity index (χ0v) is 19.0. The van der Waals surface area contributed by atoms with Gasteiger partial charge in [-0.05, 0) is 37.1 Å². The molecule has 0 radical (unpaired) electrons. The number of hydrogen-bond acceptors (Lipinski definition) is 7. The summed E-state index contributed by atoms with van der Waals surface area (Å²) in [5.41, 5.74) is 2.70. The summed E-state index contributed by atoms with van der Waals surface area (Å²) in [6.45, 7) is 4.14. The van der Waals surface area contributed by atoms with E-state index in [1.165, 1.54) is 16.7 Å². The Morgan fingerprint density at radius 2 is 1.97 bits per heavy atom. The molecule has 0 spiro atoms. The zero-order chi connectivity index (χ0) is 22.7. The average Bonchev–Trinajstić information content (AvgIpc) is 3.19. The van der Waals surface area contributed by atoms with Crippen molar-refractivity contribution in [1.29, 1.82) is 0 Å². The van der Waals surface area contributed by atoms with Gasteiger partial charge in [0.05, 0.1) is 25.0 Å². The van der Waals surface area contributed by atoms with Gasteiger partial charge in [-0.1, -0.05) is 48.2 Å². The van der Waals surface area contributed by atoms with E-state index in [1.807, 2.05) is 48.5 Å². The summed E-state index contributed by atoms with van der Waals surface area (Å²) in [6, 6.07) is 14.8. The zero-order valence-electron chi connectivity index (χ0n) is 18.2. The Kier molecular flexibility index (Phi) is 6.50. The number of hydrogen-bond donors (Lipinski definition) is 0. The first kappa shape index (κ1) is 22.0. The molecular formula is C24H24N2O5S. The Morgan fingerprint density at radius 1 is 1.19 bits per heavy atom. The number of esters is 1. The van der Waals surface area contributed by atoms with Gasteiger partial charge in [-0.15, -0.1) is 0 Å². The number of allylic oxidation sites excluding steroid dienone is 1. The summed E-state index contributed by atoms with van der Waals surface area (Å²) >= 11 is 1.37. The Morgan fingerprint density at radius 3 is 2.69 bits per heavy atom. The van der Waals surface area contributed by atoms with Crippen LogP contribution in [-0.2, 0) is 20.9 Å². The van der Waals surface area contributed by atoms with Crippen molar-refractivity contribution in [3.05, 3.63) is 70.9 Å². The van der Waals surface area contributed by atoms with Gasteiger partial charge in [0.1, 0.15) is 12.6 Å². The lowest BCUT2D eigenvalue weighted by atomic mass is 9.95. The van der Waals surface area contributed by atoms with E-state index in [4.69, 9.17) is 19.2 Å². The van der Waals surface area contributed by atoms with Crippen molar-refractivity contribution in [3.63, 3.8) is 0 Å². The van der Waals surface area contributed by atoms with Crippen LogP contribution in [-0.4, -0.2) is 41.4 Å². The van der Waals surface area contributed by atoms with E-state index in [0.29, 0.717) is 40.3 Å².